The van der Waals surface area contributed by atoms with Crippen LogP contribution in [0.3, 0.4) is 0 Å². The average molecular weight is 210 g/mol. The number of carbonyl (C=O) groups is 1. The Kier molecular flexibility index (Phi) is 4.60. The van der Waals surface area contributed by atoms with Crippen LogP contribution in [0.15, 0.2) is 24.3 Å². The summed E-state index contributed by atoms with van der Waals surface area (Å²) in [5.41, 5.74) is 0.620. The predicted octanol–water partition coefficient (Wildman–Crippen LogP) is 1.69. The number of amides is 2. The van der Waals surface area contributed by atoms with Crippen molar-refractivity contribution in [2.45, 2.75) is 13.3 Å². The second kappa shape index (κ2) is 6.01. The van der Waals surface area contributed by atoms with Crippen molar-refractivity contribution in [2.24, 2.45) is 0 Å². The highest BCUT2D eigenvalue weighted by Gasteiger charge is 2.01. The van der Waals surface area contributed by atoms with Crippen molar-refractivity contribution in [1.82, 2.24) is 10.6 Å². The molecule has 0 saturated heterocycles. The number of hydrogen-bond acceptors (Lipinski definition) is 1. The molecular formula is C11H15FN2O. The molecule has 0 aliphatic rings. The Labute approximate surface area is 88.7 Å². The van der Waals surface area contributed by atoms with Gasteiger partial charge in [-0.3, -0.25) is 0 Å². The molecule has 0 saturated carbocycles. The van der Waals surface area contributed by atoms with E-state index in [4.69, 9.17) is 0 Å². The first-order valence-electron chi connectivity index (χ1n) is 4.99. The molecule has 2 amide bonds. The maximum Gasteiger partial charge on any atom is 0.314 e. The molecule has 0 aliphatic carbocycles. The minimum Gasteiger partial charge on any atom is -0.338 e. The minimum atomic E-state index is -0.227. The van der Waals surface area contributed by atoms with Gasteiger partial charge < -0.3 is 10.6 Å². The molecule has 0 aromatic heterocycles. The number of carbonyl (C=O) groups excluding carboxylic acids is 1. The van der Waals surface area contributed by atoms with Gasteiger partial charge in [-0.05, 0) is 25.0 Å². The van der Waals surface area contributed by atoms with Crippen LogP contribution in [0.25, 0.3) is 0 Å². The molecule has 0 atom stereocenters. The molecule has 1 aromatic rings. The monoisotopic (exact) mass is 210 g/mol. The fraction of sp³-hybridized carbons (Fsp3) is 0.364. The normalized spacial score (nSPS) is 9.73. The average Bonchev–Trinajstić information content (AvgIpc) is 2.21. The Morgan fingerprint density at radius 2 is 2.07 bits per heavy atom. The van der Waals surface area contributed by atoms with Crippen molar-refractivity contribution in [3.05, 3.63) is 35.6 Å². The van der Waals surface area contributed by atoms with Crippen LogP contribution in [0.5, 0.6) is 0 Å². The summed E-state index contributed by atoms with van der Waals surface area (Å²) in [7, 11) is 0. The summed E-state index contributed by atoms with van der Waals surface area (Å²) in [6, 6.07) is 6.35. The molecule has 3 nitrogen and oxygen atoms in total. The third-order valence-electron chi connectivity index (χ3n) is 1.98. The summed E-state index contributed by atoms with van der Waals surface area (Å²) < 4.78 is 13.1. The lowest BCUT2D eigenvalue weighted by molar-refractivity contribution is 0.241. The number of benzene rings is 1. The van der Waals surface area contributed by atoms with E-state index in [-0.39, 0.29) is 11.8 Å². The summed E-state index contributed by atoms with van der Waals surface area (Å²) >= 11 is 0. The van der Waals surface area contributed by atoms with E-state index in [9.17, 15) is 9.18 Å². The van der Waals surface area contributed by atoms with Gasteiger partial charge in [-0.1, -0.05) is 18.2 Å². The number of urea groups is 1. The largest absolute Gasteiger partial charge is 0.338 e. The van der Waals surface area contributed by atoms with Crippen LogP contribution < -0.4 is 10.6 Å². The first kappa shape index (κ1) is 11.5. The molecule has 15 heavy (non-hydrogen) atoms. The second-order valence-electron chi connectivity index (χ2n) is 3.13. The fourth-order valence-corrected chi connectivity index (χ4v) is 1.23. The quantitative estimate of drug-likeness (QED) is 0.780. The molecule has 0 heterocycles. The lowest BCUT2D eigenvalue weighted by Gasteiger charge is -2.06. The van der Waals surface area contributed by atoms with Crippen molar-refractivity contribution in [3.63, 3.8) is 0 Å². The van der Waals surface area contributed by atoms with Crippen molar-refractivity contribution in [1.29, 1.82) is 0 Å². The highest BCUT2D eigenvalue weighted by molar-refractivity contribution is 5.73. The van der Waals surface area contributed by atoms with Gasteiger partial charge in [0.25, 0.3) is 0 Å². The first-order valence-corrected chi connectivity index (χ1v) is 4.99. The van der Waals surface area contributed by atoms with Gasteiger partial charge >= 0.3 is 6.03 Å². The molecule has 2 N–H and O–H groups in total. The van der Waals surface area contributed by atoms with Crippen LogP contribution in [-0.4, -0.2) is 19.1 Å². The molecular weight excluding hydrogens is 195 g/mol. The molecule has 0 fully saturated rings. The molecule has 0 bridgehead atoms. The van der Waals surface area contributed by atoms with Crippen molar-refractivity contribution < 1.29 is 9.18 Å². The third-order valence-corrected chi connectivity index (χ3v) is 1.98. The lowest BCUT2D eigenvalue weighted by atomic mass is 10.1. The van der Waals surface area contributed by atoms with E-state index in [0.717, 1.165) is 0 Å². The van der Waals surface area contributed by atoms with Crippen LogP contribution in [0, 0.1) is 5.82 Å². The molecule has 0 radical (unpaired) electrons. The topological polar surface area (TPSA) is 41.1 Å². The van der Waals surface area contributed by atoms with E-state index in [1.54, 1.807) is 18.2 Å². The minimum absolute atomic E-state index is 0.214. The number of hydrogen-bond donors (Lipinski definition) is 2. The summed E-state index contributed by atoms with van der Waals surface area (Å²) in [5.74, 6) is -0.227. The van der Waals surface area contributed by atoms with Gasteiger partial charge in [-0.15, -0.1) is 0 Å². The van der Waals surface area contributed by atoms with E-state index in [0.29, 0.717) is 25.1 Å². The van der Waals surface area contributed by atoms with Crippen molar-refractivity contribution in [2.75, 3.05) is 13.1 Å². The Morgan fingerprint density at radius 3 is 2.73 bits per heavy atom. The Hall–Kier alpha value is -1.58. The van der Waals surface area contributed by atoms with Crippen LogP contribution in [0.4, 0.5) is 9.18 Å². The molecule has 1 rings (SSSR count). The third kappa shape index (κ3) is 3.97. The van der Waals surface area contributed by atoms with Crippen LogP contribution in [0.1, 0.15) is 12.5 Å². The SMILES string of the molecule is CCNC(=O)NCCc1ccccc1F. The summed E-state index contributed by atoms with van der Waals surface area (Å²) in [4.78, 5) is 11.0. The Morgan fingerprint density at radius 1 is 1.33 bits per heavy atom. The summed E-state index contributed by atoms with van der Waals surface area (Å²) in [6.07, 6.45) is 0.504. The van der Waals surface area contributed by atoms with E-state index in [2.05, 4.69) is 10.6 Å². The molecule has 4 heteroatoms. The van der Waals surface area contributed by atoms with Gasteiger partial charge in [0.15, 0.2) is 0 Å². The van der Waals surface area contributed by atoms with Crippen LogP contribution >= 0.6 is 0 Å². The Bertz CT molecular complexity index is 328. The van der Waals surface area contributed by atoms with E-state index < -0.39 is 0 Å². The number of halogens is 1. The smallest absolute Gasteiger partial charge is 0.314 e. The fourth-order valence-electron chi connectivity index (χ4n) is 1.23. The van der Waals surface area contributed by atoms with E-state index in [1.807, 2.05) is 6.92 Å². The zero-order chi connectivity index (χ0) is 11.1. The highest BCUT2D eigenvalue weighted by atomic mass is 19.1. The van der Waals surface area contributed by atoms with Gasteiger partial charge in [-0.2, -0.15) is 0 Å². The lowest BCUT2D eigenvalue weighted by Crippen LogP contribution is -2.36. The second-order valence-corrected chi connectivity index (χ2v) is 3.13. The zero-order valence-electron chi connectivity index (χ0n) is 8.72. The maximum atomic E-state index is 13.1. The van der Waals surface area contributed by atoms with Gasteiger partial charge in [0.1, 0.15) is 5.82 Å². The van der Waals surface area contributed by atoms with Crippen molar-refractivity contribution in [3.8, 4) is 0 Å². The van der Waals surface area contributed by atoms with Gasteiger partial charge in [0.05, 0.1) is 0 Å². The zero-order valence-corrected chi connectivity index (χ0v) is 8.72. The van der Waals surface area contributed by atoms with Crippen LogP contribution in [-0.2, 0) is 6.42 Å². The maximum absolute atomic E-state index is 13.1. The summed E-state index contributed by atoms with van der Waals surface area (Å²) in [5, 5.41) is 5.25. The standard InChI is InChI=1S/C11H15FN2O/c1-2-13-11(15)14-8-7-9-5-3-4-6-10(9)12/h3-6H,2,7-8H2,1H3,(H2,13,14,15). The predicted molar refractivity (Wildman–Crippen MR) is 57.2 cm³/mol. The molecule has 82 valence electrons. The Balaban J connectivity index is 2.32. The van der Waals surface area contributed by atoms with Gasteiger partial charge in [0.2, 0.25) is 0 Å². The van der Waals surface area contributed by atoms with Crippen molar-refractivity contribution >= 4 is 6.03 Å². The molecule has 0 aliphatic heterocycles. The number of nitrogens with one attached hydrogen (secondary N) is 2. The molecule has 1 aromatic carbocycles. The van der Waals surface area contributed by atoms with Gasteiger partial charge in [0, 0.05) is 13.1 Å². The summed E-state index contributed by atoms with van der Waals surface area (Å²) in [6.45, 7) is 2.87. The first-order chi connectivity index (χ1) is 7.24. The van der Waals surface area contributed by atoms with E-state index in [1.165, 1.54) is 6.07 Å². The number of rotatable bonds is 4. The molecule has 0 spiro atoms. The highest BCUT2D eigenvalue weighted by Crippen LogP contribution is 2.05. The van der Waals surface area contributed by atoms with E-state index >= 15 is 0 Å². The van der Waals surface area contributed by atoms with Gasteiger partial charge in [-0.25, -0.2) is 9.18 Å². The molecule has 0 unspecified atom stereocenters. The van der Waals surface area contributed by atoms with Crippen LogP contribution in [0.2, 0.25) is 0 Å².